The normalized spacial score (nSPS) is 11.9. The number of carboxylic acids is 2. The van der Waals surface area contributed by atoms with Crippen molar-refractivity contribution in [1.29, 1.82) is 0 Å². The van der Waals surface area contributed by atoms with Gasteiger partial charge in [-0.1, -0.05) is 0 Å². The van der Waals surface area contributed by atoms with Crippen LogP contribution >= 0.6 is 0 Å². The molecular weight excluding hydrogens is 428 g/mol. The number of hydroxylamine groups is 1. The van der Waals surface area contributed by atoms with Gasteiger partial charge >= 0.3 is 29.8 Å². The lowest BCUT2D eigenvalue weighted by Crippen LogP contribution is -2.29. The number of nitrogens with two attached hydrogens (primary N) is 1. The number of carbonyl (C=O) groups excluding carboxylic acids is 3. The molecule has 15 nitrogen and oxygen atoms in total. The van der Waals surface area contributed by atoms with Gasteiger partial charge in [0.05, 0.1) is 11.8 Å². The summed E-state index contributed by atoms with van der Waals surface area (Å²) in [5, 5.41) is 16.9. The molecule has 0 aliphatic carbocycles. The maximum absolute atomic E-state index is 11.7. The summed E-state index contributed by atoms with van der Waals surface area (Å²) in [6, 6.07) is 0. The van der Waals surface area contributed by atoms with E-state index in [2.05, 4.69) is 19.8 Å². The molecule has 0 aliphatic rings. The second kappa shape index (κ2) is 16.5. The van der Waals surface area contributed by atoms with E-state index in [1.165, 1.54) is 6.92 Å². The van der Waals surface area contributed by atoms with E-state index >= 15 is 0 Å². The van der Waals surface area contributed by atoms with Crippen molar-refractivity contribution in [3.63, 3.8) is 0 Å². The number of aliphatic carboxylic acids is 2. The first-order chi connectivity index (χ1) is 14.6. The summed E-state index contributed by atoms with van der Waals surface area (Å²) in [4.78, 5) is 59.8. The van der Waals surface area contributed by atoms with Gasteiger partial charge in [-0.05, 0) is 6.92 Å². The van der Waals surface area contributed by atoms with E-state index in [0.29, 0.717) is 0 Å². The Balaban J connectivity index is 4.69. The fourth-order valence-corrected chi connectivity index (χ4v) is 1.38. The van der Waals surface area contributed by atoms with Crippen LogP contribution in [0.3, 0.4) is 0 Å². The molecule has 0 fully saturated rings. The highest BCUT2D eigenvalue weighted by atomic mass is 16.7. The SMILES string of the molecule is CC(=COC(COCC(=O)OCC(=O)O)OCC(=O)OCC(=O)O)C(=O)ONCCN. The topological polar surface area (TPSA) is 219 Å². The molecule has 1 atom stereocenters. The zero-order valence-corrected chi connectivity index (χ0v) is 16.6. The molecule has 0 aliphatic heterocycles. The molecule has 0 aromatic carbocycles. The average Bonchev–Trinajstić information content (AvgIpc) is 2.71. The summed E-state index contributed by atoms with van der Waals surface area (Å²) in [5.41, 5.74) is 7.51. The standard InChI is InChI=1S/C16H24N2O13/c1-10(16(25)31-18-3-2-17)4-29-15(30-8-14(24)28-6-12(21)22)9-26-7-13(23)27-5-11(19)20/h4,15,18H,2-3,5-9,17H2,1H3,(H,19,20)(H,21,22). The van der Waals surface area contributed by atoms with Crippen LogP contribution < -0.4 is 11.2 Å². The molecule has 0 radical (unpaired) electrons. The van der Waals surface area contributed by atoms with Crippen molar-refractivity contribution in [2.45, 2.75) is 13.2 Å². The highest BCUT2D eigenvalue weighted by Crippen LogP contribution is 2.03. The first-order valence-corrected chi connectivity index (χ1v) is 8.56. The van der Waals surface area contributed by atoms with Crippen LogP contribution in [0.15, 0.2) is 11.8 Å². The molecule has 1 unspecified atom stereocenters. The maximum Gasteiger partial charge on any atom is 0.355 e. The highest BCUT2D eigenvalue weighted by Gasteiger charge is 2.17. The molecule has 5 N–H and O–H groups in total. The van der Waals surface area contributed by atoms with Crippen molar-refractivity contribution in [2.75, 3.05) is 46.1 Å². The van der Waals surface area contributed by atoms with Crippen LogP contribution in [-0.2, 0) is 52.5 Å². The van der Waals surface area contributed by atoms with E-state index in [0.717, 1.165) is 6.26 Å². The third kappa shape index (κ3) is 16.2. The first-order valence-electron chi connectivity index (χ1n) is 8.56. The fraction of sp³-hybridized carbons (Fsp3) is 0.562. The summed E-state index contributed by atoms with van der Waals surface area (Å²) in [6.45, 7) is -1.79. The Bertz CT molecular complexity index is 649. The molecule has 0 amide bonds. The van der Waals surface area contributed by atoms with Crippen LogP contribution in [0.25, 0.3) is 0 Å². The molecular formula is C16H24N2O13. The smallest absolute Gasteiger partial charge is 0.355 e. The van der Waals surface area contributed by atoms with Crippen LogP contribution in [0, 0.1) is 0 Å². The van der Waals surface area contributed by atoms with E-state index < -0.39 is 69.2 Å². The highest BCUT2D eigenvalue weighted by molar-refractivity contribution is 5.87. The van der Waals surface area contributed by atoms with E-state index in [1.807, 2.05) is 0 Å². The number of hydrogen-bond acceptors (Lipinski definition) is 13. The molecule has 0 rings (SSSR count). The van der Waals surface area contributed by atoms with Crippen molar-refractivity contribution < 1.29 is 62.7 Å². The Morgan fingerprint density at radius 1 is 0.968 bits per heavy atom. The number of esters is 2. The van der Waals surface area contributed by atoms with Gasteiger partial charge in [0.1, 0.15) is 19.8 Å². The zero-order valence-electron chi connectivity index (χ0n) is 16.6. The summed E-state index contributed by atoms with van der Waals surface area (Å²) >= 11 is 0. The van der Waals surface area contributed by atoms with Crippen LogP contribution in [0.1, 0.15) is 6.92 Å². The van der Waals surface area contributed by atoms with Crippen molar-refractivity contribution in [3.05, 3.63) is 11.8 Å². The molecule has 0 spiro atoms. The van der Waals surface area contributed by atoms with Crippen LogP contribution in [0.5, 0.6) is 0 Å². The first kappa shape index (κ1) is 27.7. The second-order valence-electron chi connectivity index (χ2n) is 5.37. The average molecular weight is 452 g/mol. The summed E-state index contributed by atoms with van der Waals surface area (Å²) in [7, 11) is 0. The lowest BCUT2D eigenvalue weighted by molar-refractivity contribution is -0.179. The van der Waals surface area contributed by atoms with Gasteiger partial charge in [-0.2, -0.15) is 5.48 Å². The van der Waals surface area contributed by atoms with Gasteiger partial charge < -0.3 is 44.5 Å². The largest absolute Gasteiger partial charge is 0.479 e. The van der Waals surface area contributed by atoms with Gasteiger partial charge in [-0.25, -0.2) is 24.0 Å². The number of hydrogen-bond donors (Lipinski definition) is 4. The Morgan fingerprint density at radius 3 is 2.10 bits per heavy atom. The number of carboxylic acid groups (broad SMARTS) is 2. The van der Waals surface area contributed by atoms with E-state index in [1.54, 1.807) is 0 Å². The minimum atomic E-state index is -1.37. The third-order valence-corrected chi connectivity index (χ3v) is 2.70. The Hall–Kier alpha value is -3.27. The third-order valence-electron chi connectivity index (χ3n) is 2.70. The van der Waals surface area contributed by atoms with Gasteiger partial charge in [0.15, 0.2) is 13.2 Å². The van der Waals surface area contributed by atoms with Gasteiger partial charge in [-0.3, -0.25) is 0 Å². The van der Waals surface area contributed by atoms with Crippen molar-refractivity contribution in [1.82, 2.24) is 5.48 Å². The van der Waals surface area contributed by atoms with Gasteiger partial charge in [0.25, 0.3) is 0 Å². The minimum absolute atomic E-state index is 0.0209. The maximum atomic E-state index is 11.7. The molecule has 31 heavy (non-hydrogen) atoms. The molecule has 0 saturated carbocycles. The predicted octanol–water partition coefficient (Wildman–Crippen LogP) is -2.47. The van der Waals surface area contributed by atoms with Crippen molar-refractivity contribution in [3.8, 4) is 0 Å². The van der Waals surface area contributed by atoms with Gasteiger partial charge in [0.2, 0.25) is 6.29 Å². The Labute approximate surface area is 175 Å². The van der Waals surface area contributed by atoms with Crippen LogP contribution in [0.2, 0.25) is 0 Å². The lowest BCUT2D eigenvalue weighted by atomic mass is 10.3. The summed E-state index contributed by atoms with van der Waals surface area (Å²) in [5.74, 6) is -5.53. The number of nitrogens with one attached hydrogen (secondary N) is 1. The summed E-state index contributed by atoms with van der Waals surface area (Å²) < 4.78 is 23.9. The van der Waals surface area contributed by atoms with Crippen molar-refractivity contribution in [2.24, 2.45) is 5.73 Å². The van der Waals surface area contributed by atoms with Crippen LogP contribution in [-0.4, -0.2) is 92.5 Å². The Morgan fingerprint density at radius 2 is 1.55 bits per heavy atom. The van der Waals surface area contributed by atoms with Gasteiger partial charge in [0, 0.05) is 13.1 Å². The van der Waals surface area contributed by atoms with E-state index in [9.17, 15) is 24.0 Å². The molecule has 0 aromatic heterocycles. The second-order valence-corrected chi connectivity index (χ2v) is 5.37. The lowest BCUT2D eigenvalue weighted by Gasteiger charge is -2.17. The minimum Gasteiger partial charge on any atom is -0.479 e. The van der Waals surface area contributed by atoms with Crippen molar-refractivity contribution >= 4 is 29.8 Å². The fourth-order valence-electron chi connectivity index (χ4n) is 1.38. The quantitative estimate of drug-likeness (QED) is 0.0341. The number of ether oxygens (including phenoxy) is 5. The molecule has 15 heteroatoms. The molecule has 0 saturated heterocycles. The monoisotopic (exact) mass is 452 g/mol. The predicted molar refractivity (Wildman–Crippen MR) is 95.7 cm³/mol. The Kier molecular flexibility index (Phi) is 14.8. The molecule has 0 aromatic rings. The number of carbonyl (C=O) groups is 5. The van der Waals surface area contributed by atoms with Gasteiger partial charge in [-0.15, -0.1) is 0 Å². The van der Waals surface area contributed by atoms with Crippen LogP contribution in [0.4, 0.5) is 0 Å². The molecule has 176 valence electrons. The van der Waals surface area contributed by atoms with E-state index in [-0.39, 0.29) is 18.7 Å². The zero-order chi connectivity index (χ0) is 23.6. The molecule has 0 heterocycles. The van der Waals surface area contributed by atoms with E-state index in [4.69, 9.17) is 30.2 Å². The molecule has 0 bridgehead atoms. The number of rotatable bonds is 17. The summed E-state index contributed by atoms with van der Waals surface area (Å²) in [6.07, 6.45) is -0.407.